The number of hydrogen-bond donors (Lipinski definition) is 4. The highest BCUT2D eigenvalue weighted by atomic mass is 16.5. The Balaban J connectivity index is 1.59. The van der Waals surface area contributed by atoms with Crippen LogP contribution in [0.15, 0.2) is 36.4 Å². The first-order chi connectivity index (χ1) is 23.6. The van der Waals surface area contributed by atoms with Gasteiger partial charge in [0.2, 0.25) is 0 Å². The van der Waals surface area contributed by atoms with Crippen molar-refractivity contribution in [3.8, 4) is 39.9 Å². The third-order valence-electron chi connectivity index (χ3n) is 10.9. The molecule has 0 radical (unpaired) electrons. The molecule has 0 unspecified atom stereocenters. The number of aliphatic hydroxyl groups excluding tert-OH is 2. The number of methoxy groups -OCH3 is 2. The fourth-order valence-electron chi connectivity index (χ4n) is 8.32. The van der Waals surface area contributed by atoms with Gasteiger partial charge >= 0.3 is 0 Å². The Morgan fingerprint density at radius 2 is 1.65 bits per heavy atom. The summed E-state index contributed by atoms with van der Waals surface area (Å²) in [6, 6.07) is 11.1. The molecule has 0 aromatic heterocycles. The molecule has 5 atom stereocenters. The van der Waals surface area contributed by atoms with Crippen LogP contribution in [0.25, 0.3) is 11.1 Å². The van der Waals surface area contributed by atoms with Crippen molar-refractivity contribution < 1.29 is 34.6 Å². The van der Waals surface area contributed by atoms with Gasteiger partial charge in [-0.25, -0.2) is 0 Å². The van der Waals surface area contributed by atoms with E-state index in [4.69, 9.17) is 14.2 Å². The lowest BCUT2D eigenvalue weighted by molar-refractivity contribution is 0.0200. The molecule has 0 saturated heterocycles. The van der Waals surface area contributed by atoms with Crippen LogP contribution in [0.3, 0.4) is 0 Å². The third-order valence-corrected chi connectivity index (χ3v) is 10.9. The van der Waals surface area contributed by atoms with Gasteiger partial charge in [0, 0.05) is 30.2 Å². The van der Waals surface area contributed by atoms with E-state index < -0.39 is 12.2 Å². The molecule has 1 aliphatic carbocycles. The van der Waals surface area contributed by atoms with E-state index in [0.717, 1.165) is 77.7 Å². The Kier molecular flexibility index (Phi) is 12.4. The molecule has 3 aromatic rings. The standard InChI is InChI=1S/C42H58O7/c1-7-8-9-11-26(4)27(12-10-17-43)13-14-28-19-30-21-35(45)31(18-25(2)3)20-32(30)41-39(48-6)24-37-33(40(28)41)23-36(46)42(49-37)29-15-16-34(44)38(22-29)47-5/h15-16,20-22,24-28,36,42-46H,7-14,17-19,23H2,1-6H3/t26-,27+,28-,36+,42-/m0/s1. The molecule has 2 aliphatic rings. The van der Waals surface area contributed by atoms with Gasteiger partial charge in [-0.05, 0) is 114 Å². The van der Waals surface area contributed by atoms with Gasteiger partial charge in [0.15, 0.2) is 11.5 Å². The molecule has 0 spiro atoms. The largest absolute Gasteiger partial charge is 0.508 e. The molecule has 4 N–H and O–H groups in total. The highest BCUT2D eigenvalue weighted by Crippen LogP contribution is 2.54. The Bertz CT molecular complexity index is 1560. The van der Waals surface area contributed by atoms with Gasteiger partial charge in [-0.2, -0.15) is 0 Å². The average Bonchev–Trinajstić information content (AvgIpc) is 3.08. The number of unbranched alkanes of at least 4 members (excludes halogenated alkanes) is 2. The number of aromatic hydroxyl groups is 2. The zero-order valence-electron chi connectivity index (χ0n) is 30.4. The predicted molar refractivity (Wildman–Crippen MR) is 195 cm³/mol. The van der Waals surface area contributed by atoms with Crippen LogP contribution >= 0.6 is 0 Å². The van der Waals surface area contributed by atoms with E-state index in [1.54, 1.807) is 25.3 Å². The molecule has 1 aliphatic heterocycles. The number of ether oxygens (including phenoxy) is 3. The first-order valence-electron chi connectivity index (χ1n) is 18.5. The summed E-state index contributed by atoms with van der Waals surface area (Å²) < 4.78 is 18.1. The van der Waals surface area contributed by atoms with Gasteiger partial charge in [0.25, 0.3) is 0 Å². The number of phenolic OH excluding ortho intramolecular Hbond substituents is 2. The fraction of sp³-hybridized carbons (Fsp3) is 0.571. The van der Waals surface area contributed by atoms with Gasteiger partial charge in [-0.15, -0.1) is 0 Å². The van der Waals surface area contributed by atoms with E-state index in [9.17, 15) is 20.4 Å². The van der Waals surface area contributed by atoms with Crippen LogP contribution in [0.2, 0.25) is 0 Å². The summed E-state index contributed by atoms with van der Waals surface area (Å²) in [6.07, 6.45) is 9.22. The average molecular weight is 675 g/mol. The SMILES string of the molecule is CCCCC[C@H](C)[C@H](CCCO)CC[C@H]1Cc2cc(O)c(CC(C)C)cc2-c2c(OC)cc3c(c21)C[C@@H](O)[C@H](c1ccc(O)c(OC)c1)O3. The molecule has 3 aromatic carbocycles. The molecule has 0 fully saturated rings. The maximum atomic E-state index is 11.7. The number of fused-ring (bicyclic) bond motifs is 5. The lowest BCUT2D eigenvalue weighted by Gasteiger charge is -2.38. The van der Waals surface area contributed by atoms with Crippen molar-refractivity contribution in [1.29, 1.82) is 0 Å². The van der Waals surface area contributed by atoms with Crippen molar-refractivity contribution in [2.45, 2.75) is 116 Å². The zero-order chi connectivity index (χ0) is 35.2. The van der Waals surface area contributed by atoms with Crippen LogP contribution < -0.4 is 14.2 Å². The zero-order valence-corrected chi connectivity index (χ0v) is 30.4. The molecule has 5 rings (SSSR count). The Hall–Kier alpha value is -3.42. The summed E-state index contributed by atoms with van der Waals surface area (Å²) in [5.74, 6) is 3.76. The maximum Gasteiger partial charge on any atom is 0.160 e. The van der Waals surface area contributed by atoms with E-state index >= 15 is 0 Å². The van der Waals surface area contributed by atoms with Crippen LogP contribution in [0.1, 0.15) is 119 Å². The van der Waals surface area contributed by atoms with Crippen LogP contribution in [-0.2, 0) is 19.3 Å². The van der Waals surface area contributed by atoms with Crippen molar-refractivity contribution in [2.24, 2.45) is 17.8 Å². The van der Waals surface area contributed by atoms with Crippen LogP contribution in [0.5, 0.6) is 28.7 Å². The molecule has 0 bridgehead atoms. The monoisotopic (exact) mass is 674 g/mol. The van der Waals surface area contributed by atoms with Crippen LogP contribution in [0.4, 0.5) is 0 Å². The lowest BCUT2D eigenvalue weighted by atomic mass is 9.71. The normalized spacial score (nSPS) is 19.4. The minimum Gasteiger partial charge on any atom is -0.508 e. The van der Waals surface area contributed by atoms with Crippen molar-refractivity contribution in [2.75, 3.05) is 20.8 Å². The smallest absolute Gasteiger partial charge is 0.160 e. The minimum absolute atomic E-state index is 0.0362. The Labute approximate surface area is 293 Å². The van der Waals surface area contributed by atoms with E-state index in [2.05, 4.69) is 33.8 Å². The number of phenols is 2. The summed E-state index contributed by atoms with van der Waals surface area (Å²) in [5.41, 5.74) is 7.11. The van der Waals surface area contributed by atoms with Gasteiger partial charge in [0.05, 0.1) is 20.3 Å². The lowest BCUT2D eigenvalue weighted by Crippen LogP contribution is -2.32. The van der Waals surface area contributed by atoms with E-state index in [1.165, 1.54) is 38.4 Å². The van der Waals surface area contributed by atoms with Gasteiger partial charge in [-0.1, -0.05) is 59.4 Å². The van der Waals surface area contributed by atoms with Gasteiger partial charge < -0.3 is 34.6 Å². The molecule has 7 nitrogen and oxygen atoms in total. The van der Waals surface area contributed by atoms with Crippen molar-refractivity contribution in [3.05, 3.63) is 64.2 Å². The second-order valence-electron chi connectivity index (χ2n) is 14.9. The summed E-state index contributed by atoms with van der Waals surface area (Å²) in [6.45, 7) is 9.16. The molecule has 1 heterocycles. The number of hydrogen-bond acceptors (Lipinski definition) is 7. The van der Waals surface area contributed by atoms with Crippen LogP contribution in [0, 0.1) is 17.8 Å². The topological polar surface area (TPSA) is 109 Å². The molecule has 49 heavy (non-hydrogen) atoms. The van der Waals surface area contributed by atoms with Gasteiger partial charge in [-0.3, -0.25) is 0 Å². The van der Waals surface area contributed by atoms with Crippen LogP contribution in [-0.4, -0.2) is 47.4 Å². The quantitative estimate of drug-likeness (QED) is 0.112. The fourth-order valence-corrected chi connectivity index (χ4v) is 8.32. The van der Waals surface area contributed by atoms with Crippen molar-refractivity contribution in [3.63, 3.8) is 0 Å². The predicted octanol–water partition coefficient (Wildman–Crippen LogP) is 9.04. The third kappa shape index (κ3) is 8.15. The first-order valence-corrected chi connectivity index (χ1v) is 18.5. The molecule has 268 valence electrons. The number of rotatable bonds is 16. The van der Waals surface area contributed by atoms with E-state index in [-0.39, 0.29) is 18.3 Å². The Morgan fingerprint density at radius 3 is 2.35 bits per heavy atom. The Morgan fingerprint density at radius 1 is 0.878 bits per heavy atom. The molecule has 0 amide bonds. The molecule has 0 saturated carbocycles. The van der Waals surface area contributed by atoms with E-state index in [1.807, 2.05) is 12.1 Å². The van der Waals surface area contributed by atoms with Crippen molar-refractivity contribution >= 4 is 0 Å². The van der Waals surface area contributed by atoms with Crippen molar-refractivity contribution in [1.82, 2.24) is 0 Å². The number of aliphatic hydroxyl groups is 2. The number of benzene rings is 3. The summed E-state index contributed by atoms with van der Waals surface area (Å²) in [5, 5.41) is 42.8. The highest BCUT2D eigenvalue weighted by Gasteiger charge is 2.39. The maximum absolute atomic E-state index is 11.7. The second-order valence-corrected chi connectivity index (χ2v) is 14.9. The van der Waals surface area contributed by atoms with E-state index in [0.29, 0.717) is 41.4 Å². The molecule has 7 heteroatoms. The summed E-state index contributed by atoms with van der Waals surface area (Å²) in [4.78, 5) is 0. The minimum atomic E-state index is -0.812. The molecular weight excluding hydrogens is 616 g/mol. The highest BCUT2D eigenvalue weighted by molar-refractivity contribution is 5.83. The molecular formula is C42H58O7. The first kappa shape index (κ1) is 36.9. The second kappa shape index (κ2) is 16.5. The summed E-state index contributed by atoms with van der Waals surface area (Å²) in [7, 11) is 3.21. The summed E-state index contributed by atoms with van der Waals surface area (Å²) >= 11 is 0. The van der Waals surface area contributed by atoms with Gasteiger partial charge in [0.1, 0.15) is 23.4 Å².